The van der Waals surface area contributed by atoms with Crippen molar-refractivity contribution in [1.82, 2.24) is 29.1 Å². The van der Waals surface area contributed by atoms with Crippen LogP contribution in [-0.2, 0) is 13.1 Å². The summed E-state index contributed by atoms with van der Waals surface area (Å²) in [6.45, 7) is 5.73. The molecule has 0 atom stereocenters. The van der Waals surface area contributed by atoms with Gasteiger partial charge in [-0.1, -0.05) is 24.3 Å². The predicted octanol–water partition coefficient (Wildman–Crippen LogP) is 3.52. The zero-order valence-corrected chi connectivity index (χ0v) is 14.9. The van der Waals surface area contributed by atoms with E-state index in [1.165, 1.54) is 0 Å². The van der Waals surface area contributed by atoms with E-state index in [4.69, 9.17) is 0 Å². The van der Waals surface area contributed by atoms with E-state index in [0.29, 0.717) is 0 Å². The summed E-state index contributed by atoms with van der Waals surface area (Å²) < 4.78 is 4.24. The molecule has 0 unspecified atom stereocenters. The topological polar surface area (TPSA) is 61.4 Å². The fourth-order valence-corrected chi connectivity index (χ4v) is 3.01. The van der Waals surface area contributed by atoms with Crippen molar-refractivity contribution in [2.24, 2.45) is 0 Å². The lowest BCUT2D eigenvalue weighted by atomic mass is 10.1. The SMILES string of the molecule is Cc1ccccc1-c1ncc(-c2nccn2CCn2ccnc2C)cn1. The Balaban J connectivity index is 1.56. The van der Waals surface area contributed by atoms with Crippen LogP contribution in [0, 0.1) is 13.8 Å². The van der Waals surface area contributed by atoms with E-state index in [0.717, 1.165) is 47.3 Å². The number of hydrogen-bond acceptors (Lipinski definition) is 4. The fraction of sp³-hybridized carbons (Fsp3) is 0.200. The average Bonchev–Trinajstić information content (AvgIpc) is 3.29. The highest BCUT2D eigenvalue weighted by Gasteiger charge is 2.10. The van der Waals surface area contributed by atoms with Crippen molar-refractivity contribution in [1.29, 1.82) is 0 Å². The van der Waals surface area contributed by atoms with Gasteiger partial charge in [0.1, 0.15) is 11.6 Å². The van der Waals surface area contributed by atoms with Gasteiger partial charge in [-0.3, -0.25) is 0 Å². The minimum Gasteiger partial charge on any atom is -0.333 e. The second-order valence-electron chi connectivity index (χ2n) is 6.22. The zero-order valence-electron chi connectivity index (χ0n) is 14.9. The van der Waals surface area contributed by atoms with Gasteiger partial charge in [0.05, 0.1) is 5.56 Å². The first-order valence-corrected chi connectivity index (χ1v) is 8.59. The summed E-state index contributed by atoms with van der Waals surface area (Å²) in [4.78, 5) is 17.9. The van der Waals surface area contributed by atoms with Crippen LogP contribution < -0.4 is 0 Å². The van der Waals surface area contributed by atoms with Crippen molar-refractivity contribution >= 4 is 0 Å². The van der Waals surface area contributed by atoms with Gasteiger partial charge in [-0.2, -0.15) is 0 Å². The number of hydrogen-bond donors (Lipinski definition) is 0. The van der Waals surface area contributed by atoms with Crippen LogP contribution in [0.1, 0.15) is 11.4 Å². The highest BCUT2D eigenvalue weighted by Crippen LogP contribution is 2.21. The molecule has 0 aliphatic heterocycles. The molecule has 26 heavy (non-hydrogen) atoms. The van der Waals surface area contributed by atoms with Crippen molar-refractivity contribution in [3.63, 3.8) is 0 Å². The van der Waals surface area contributed by atoms with E-state index in [2.05, 4.69) is 42.1 Å². The molecule has 3 aromatic heterocycles. The van der Waals surface area contributed by atoms with Crippen LogP contribution >= 0.6 is 0 Å². The fourth-order valence-electron chi connectivity index (χ4n) is 3.01. The summed E-state index contributed by atoms with van der Waals surface area (Å²) in [5, 5.41) is 0. The van der Waals surface area contributed by atoms with Crippen LogP contribution in [0.4, 0.5) is 0 Å². The third kappa shape index (κ3) is 3.13. The Hall–Kier alpha value is -3.28. The second kappa shape index (κ2) is 6.92. The summed E-state index contributed by atoms with van der Waals surface area (Å²) in [7, 11) is 0. The molecule has 0 fully saturated rings. The Morgan fingerprint density at radius 2 is 1.50 bits per heavy atom. The largest absolute Gasteiger partial charge is 0.333 e. The van der Waals surface area contributed by atoms with Gasteiger partial charge >= 0.3 is 0 Å². The summed E-state index contributed by atoms with van der Waals surface area (Å²) >= 11 is 0. The summed E-state index contributed by atoms with van der Waals surface area (Å²) in [6.07, 6.45) is 11.3. The van der Waals surface area contributed by atoms with E-state index in [1.54, 1.807) is 0 Å². The number of benzene rings is 1. The lowest BCUT2D eigenvalue weighted by Crippen LogP contribution is -2.08. The van der Waals surface area contributed by atoms with Crippen molar-refractivity contribution in [2.75, 3.05) is 0 Å². The quantitative estimate of drug-likeness (QED) is 0.556. The van der Waals surface area contributed by atoms with E-state index < -0.39 is 0 Å². The Bertz CT molecular complexity index is 1010. The summed E-state index contributed by atoms with van der Waals surface area (Å²) in [5.41, 5.74) is 3.13. The van der Waals surface area contributed by atoms with E-state index in [9.17, 15) is 0 Å². The molecule has 130 valence electrons. The third-order valence-corrected chi connectivity index (χ3v) is 4.52. The molecule has 0 aliphatic carbocycles. The van der Waals surface area contributed by atoms with Gasteiger partial charge < -0.3 is 9.13 Å². The maximum atomic E-state index is 4.55. The lowest BCUT2D eigenvalue weighted by Gasteiger charge is -2.10. The van der Waals surface area contributed by atoms with Gasteiger partial charge in [0, 0.05) is 55.8 Å². The van der Waals surface area contributed by atoms with Crippen molar-refractivity contribution < 1.29 is 0 Å². The monoisotopic (exact) mass is 344 g/mol. The highest BCUT2D eigenvalue weighted by molar-refractivity contribution is 5.61. The Morgan fingerprint density at radius 1 is 0.808 bits per heavy atom. The molecule has 4 aromatic rings. The second-order valence-corrected chi connectivity index (χ2v) is 6.22. The Labute approximate surface area is 152 Å². The molecule has 0 spiro atoms. The van der Waals surface area contributed by atoms with Gasteiger partial charge in [-0.15, -0.1) is 0 Å². The minimum atomic E-state index is 0.735. The minimum absolute atomic E-state index is 0.735. The smallest absolute Gasteiger partial charge is 0.159 e. The van der Waals surface area contributed by atoms with Crippen molar-refractivity contribution in [3.8, 4) is 22.8 Å². The van der Waals surface area contributed by atoms with Crippen LogP contribution in [-0.4, -0.2) is 29.1 Å². The van der Waals surface area contributed by atoms with Crippen LogP contribution in [0.3, 0.4) is 0 Å². The zero-order chi connectivity index (χ0) is 17.9. The first-order chi connectivity index (χ1) is 12.7. The summed E-state index contributed by atoms with van der Waals surface area (Å²) in [5.74, 6) is 2.62. The Kier molecular flexibility index (Phi) is 4.31. The Morgan fingerprint density at radius 3 is 2.23 bits per heavy atom. The van der Waals surface area contributed by atoms with Crippen LogP contribution in [0.15, 0.2) is 61.4 Å². The molecule has 0 saturated carbocycles. The molecule has 6 heteroatoms. The predicted molar refractivity (Wildman–Crippen MR) is 100 cm³/mol. The van der Waals surface area contributed by atoms with Crippen LogP contribution in [0.2, 0.25) is 0 Å². The molecule has 0 aliphatic rings. The lowest BCUT2D eigenvalue weighted by molar-refractivity contribution is 0.571. The average molecular weight is 344 g/mol. The molecular weight excluding hydrogens is 324 g/mol. The molecule has 4 rings (SSSR count). The van der Waals surface area contributed by atoms with Gasteiger partial charge in [0.25, 0.3) is 0 Å². The van der Waals surface area contributed by atoms with Crippen molar-refractivity contribution in [3.05, 3.63) is 72.8 Å². The molecule has 0 radical (unpaired) electrons. The third-order valence-electron chi connectivity index (χ3n) is 4.52. The maximum Gasteiger partial charge on any atom is 0.159 e. The van der Waals surface area contributed by atoms with E-state index in [-0.39, 0.29) is 0 Å². The number of imidazole rings is 2. The van der Waals surface area contributed by atoms with Gasteiger partial charge in [-0.25, -0.2) is 19.9 Å². The van der Waals surface area contributed by atoms with E-state index in [1.807, 2.05) is 62.3 Å². The molecular formula is C20H20N6. The molecule has 0 N–H and O–H groups in total. The normalized spacial score (nSPS) is 11.0. The molecule has 0 bridgehead atoms. The number of rotatable bonds is 5. The highest BCUT2D eigenvalue weighted by atomic mass is 15.1. The first-order valence-electron chi connectivity index (χ1n) is 8.59. The van der Waals surface area contributed by atoms with Gasteiger partial charge in [0.15, 0.2) is 5.82 Å². The molecule has 0 amide bonds. The molecule has 1 aromatic carbocycles. The van der Waals surface area contributed by atoms with E-state index >= 15 is 0 Å². The van der Waals surface area contributed by atoms with Gasteiger partial charge in [-0.05, 0) is 19.4 Å². The first kappa shape index (κ1) is 16.2. The van der Waals surface area contributed by atoms with Crippen LogP contribution in [0.5, 0.6) is 0 Å². The maximum absolute atomic E-state index is 4.55. The van der Waals surface area contributed by atoms with Crippen LogP contribution in [0.25, 0.3) is 22.8 Å². The summed E-state index contributed by atoms with van der Waals surface area (Å²) in [6, 6.07) is 8.13. The standard InChI is InChI=1S/C20H20N6/c1-15-5-3-4-6-18(15)19-23-13-17(14-24-19)20-22-8-10-26(20)12-11-25-9-7-21-16(25)2/h3-10,13-14H,11-12H2,1-2H3. The molecule has 6 nitrogen and oxygen atoms in total. The van der Waals surface area contributed by atoms with Crippen molar-refractivity contribution in [2.45, 2.75) is 26.9 Å². The number of aromatic nitrogens is 6. The number of nitrogens with zero attached hydrogens (tertiary/aromatic N) is 6. The molecule has 3 heterocycles. The van der Waals surface area contributed by atoms with Gasteiger partial charge in [0.2, 0.25) is 0 Å². The number of aryl methyl sites for hydroxylation is 4. The molecule has 0 saturated heterocycles.